The first-order chi connectivity index (χ1) is 15.3. The molecule has 2 unspecified atom stereocenters. The van der Waals surface area contributed by atoms with Crippen LogP contribution in [0.3, 0.4) is 0 Å². The van der Waals surface area contributed by atoms with Gasteiger partial charge in [-0.05, 0) is 49.4 Å². The summed E-state index contributed by atoms with van der Waals surface area (Å²) in [5, 5.41) is 28.9. The van der Waals surface area contributed by atoms with Gasteiger partial charge in [0.25, 0.3) is 0 Å². The van der Waals surface area contributed by atoms with Crippen molar-refractivity contribution in [2.24, 2.45) is 0 Å². The quantitative estimate of drug-likeness (QED) is 0.374. The van der Waals surface area contributed by atoms with Gasteiger partial charge in [0.15, 0.2) is 0 Å². The number of anilines is 1. The molecule has 9 nitrogen and oxygen atoms in total. The summed E-state index contributed by atoms with van der Waals surface area (Å²) in [5.74, 6) is -1.74. The van der Waals surface area contributed by atoms with E-state index in [1.165, 1.54) is 31.3 Å². The number of carbonyl (C=O) groups is 1. The van der Waals surface area contributed by atoms with Crippen LogP contribution < -0.4 is 4.31 Å². The molecule has 3 N–H and O–H groups in total. The number of benzene rings is 1. The first-order valence-electron chi connectivity index (χ1n) is 10.5. The average Bonchev–Trinajstić information content (AvgIpc) is 2.70. The van der Waals surface area contributed by atoms with Gasteiger partial charge in [0, 0.05) is 18.2 Å². The molecule has 0 saturated carbocycles. The molecule has 2 rings (SSSR count). The maximum absolute atomic E-state index is 13.5. The third-order valence-electron chi connectivity index (χ3n) is 5.15. The van der Waals surface area contributed by atoms with E-state index >= 15 is 0 Å². The second-order valence-corrected chi connectivity index (χ2v) is 10.3. The van der Waals surface area contributed by atoms with Gasteiger partial charge >= 0.3 is 43.7 Å². The Hall–Kier alpha value is -1.37. The molecule has 2 atom stereocenters. The van der Waals surface area contributed by atoms with Crippen molar-refractivity contribution in [2.45, 2.75) is 57.7 Å². The zero-order valence-electron chi connectivity index (χ0n) is 19.1. The van der Waals surface area contributed by atoms with Crippen molar-refractivity contribution in [2.75, 3.05) is 17.6 Å². The first-order valence-corrected chi connectivity index (χ1v) is 12.3. The third kappa shape index (κ3) is 8.69. The van der Waals surface area contributed by atoms with Gasteiger partial charge in [0.05, 0.1) is 36.3 Å². The van der Waals surface area contributed by atoms with Crippen LogP contribution in [-0.2, 0) is 21.2 Å². The Morgan fingerprint density at radius 1 is 1.12 bits per heavy atom. The van der Waals surface area contributed by atoms with E-state index in [9.17, 15) is 27.8 Å². The molecule has 186 valence electrons. The minimum atomic E-state index is -3.63. The van der Waals surface area contributed by atoms with Crippen molar-refractivity contribution in [3.63, 3.8) is 0 Å². The van der Waals surface area contributed by atoms with Gasteiger partial charge in [-0.3, -0.25) is 4.79 Å². The number of aliphatic hydroxyl groups excluding tert-OH is 2. The van der Waals surface area contributed by atoms with E-state index in [-0.39, 0.29) is 68.9 Å². The van der Waals surface area contributed by atoms with Gasteiger partial charge in [-0.2, -0.15) is 0 Å². The van der Waals surface area contributed by atoms with Crippen molar-refractivity contribution in [1.29, 1.82) is 0 Å². The number of carboxylic acids is 1. The molecule has 0 fully saturated rings. The minimum absolute atomic E-state index is 0. The molecule has 0 spiro atoms. The van der Waals surface area contributed by atoms with Crippen LogP contribution in [0.4, 0.5) is 10.3 Å². The van der Waals surface area contributed by atoms with Crippen molar-refractivity contribution < 1.29 is 32.9 Å². The normalized spacial score (nSPS) is 13.3. The number of rotatable bonds is 11. The van der Waals surface area contributed by atoms with Gasteiger partial charge in [0.2, 0.25) is 16.0 Å². The Kier molecular flexibility index (Phi) is 11.8. The van der Waals surface area contributed by atoms with E-state index in [2.05, 4.69) is 9.97 Å². The fourth-order valence-electron chi connectivity index (χ4n) is 3.38. The molecule has 0 aliphatic rings. The monoisotopic (exact) mass is 525 g/mol. The molecule has 0 amide bonds. The van der Waals surface area contributed by atoms with Crippen LogP contribution in [0.1, 0.15) is 50.3 Å². The van der Waals surface area contributed by atoms with Crippen molar-refractivity contribution in [1.82, 2.24) is 9.97 Å². The van der Waals surface area contributed by atoms with Crippen LogP contribution in [0.5, 0.6) is 0 Å². The molecule has 0 bridgehead atoms. The number of hydrogen-bond donors (Lipinski definition) is 3. The van der Waals surface area contributed by atoms with Gasteiger partial charge in [-0.15, -0.1) is 0 Å². The van der Waals surface area contributed by atoms with Crippen LogP contribution in [0.25, 0.3) is 11.3 Å². The Labute approximate surface area is 229 Å². The number of aliphatic carboxylic acids is 1. The second kappa shape index (κ2) is 13.1. The van der Waals surface area contributed by atoms with Gasteiger partial charge < -0.3 is 15.3 Å². The molecule has 0 aliphatic heterocycles. The van der Waals surface area contributed by atoms with E-state index in [0.29, 0.717) is 22.5 Å². The van der Waals surface area contributed by atoms with E-state index in [0.717, 1.165) is 10.6 Å². The number of sulfonamides is 1. The van der Waals surface area contributed by atoms with E-state index in [1.54, 1.807) is 0 Å². The molecule has 34 heavy (non-hydrogen) atoms. The molecule has 12 heteroatoms. The van der Waals surface area contributed by atoms with Crippen LogP contribution in [0.15, 0.2) is 24.3 Å². The number of nitrogens with zero attached hydrogens (tertiary/aromatic N) is 3. The summed E-state index contributed by atoms with van der Waals surface area (Å²) < 4.78 is 38.7. The fraction of sp³-hybridized carbons (Fsp3) is 0.500. The van der Waals surface area contributed by atoms with Gasteiger partial charge in [-0.1, -0.05) is 13.8 Å². The third-order valence-corrected chi connectivity index (χ3v) is 6.31. The molecule has 0 saturated heterocycles. The zero-order chi connectivity index (χ0) is 24.9. The molecule has 2 aromatic rings. The molecule has 1 aromatic carbocycles. The Bertz CT molecular complexity index is 1080. The summed E-state index contributed by atoms with van der Waals surface area (Å²) >= 11 is 0. The molecule has 1 heterocycles. The summed E-state index contributed by atoms with van der Waals surface area (Å²) in [6.45, 7) is 3.77. The van der Waals surface area contributed by atoms with Gasteiger partial charge in [0.1, 0.15) is 5.82 Å². The fourth-order valence-corrected chi connectivity index (χ4v) is 3.75. The SMILES string of the molecule is CC(C)c1nc(N(C)S(C)(=O)=O)nc(-c2ccc(F)cc2)c1CCC(O)CC(O)CC(=O)O.[CaH2]. The van der Waals surface area contributed by atoms with Crippen LogP contribution in [-0.4, -0.2) is 103 Å². The second-order valence-electron chi connectivity index (χ2n) is 8.31. The Morgan fingerprint density at radius 2 is 1.71 bits per heavy atom. The number of carboxylic acid groups (broad SMARTS) is 1. The van der Waals surface area contributed by atoms with Gasteiger partial charge in [-0.25, -0.2) is 27.1 Å². The standard InChI is InChI=1S/C22H30FN3O6S.Ca.2H/c1-13(2)20-18(10-9-16(27)11-17(28)12-19(29)30)21(14-5-7-15(23)8-6-14)25-22(24-20)26(3)33(4,31)32;;;/h5-8,13,16-17,27-28H,9-12H2,1-4H3,(H,29,30);;;. The molecular formula is C22H32CaFN3O6S. The predicted octanol–water partition coefficient (Wildman–Crippen LogP) is 1.40. The number of halogens is 1. The van der Waals surface area contributed by atoms with Crippen molar-refractivity contribution in [3.05, 3.63) is 41.3 Å². The van der Waals surface area contributed by atoms with E-state index in [4.69, 9.17) is 5.11 Å². The van der Waals surface area contributed by atoms with Crippen LogP contribution in [0.2, 0.25) is 0 Å². The molecule has 0 radical (unpaired) electrons. The van der Waals surface area contributed by atoms with Crippen molar-refractivity contribution >= 4 is 59.7 Å². The van der Waals surface area contributed by atoms with Crippen molar-refractivity contribution in [3.8, 4) is 11.3 Å². The summed E-state index contributed by atoms with van der Waals surface area (Å²) in [6, 6.07) is 5.60. The van der Waals surface area contributed by atoms with E-state index < -0.39 is 40.4 Å². The number of hydrogen-bond acceptors (Lipinski definition) is 7. The maximum atomic E-state index is 13.5. The Balaban J connectivity index is 0.00000578. The van der Waals surface area contributed by atoms with Crippen LogP contribution in [0, 0.1) is 5.82 Å². The number of aromatic nitrogens is 2. The van der Waals surface area contributed by atoms with Crippen LogP contribution >= 0.6 is 0 Å². The zero-order valence-corrected chi connectivity index (χ0v) is 19.9. The molecule has 1 aromatic heterocycles. The summed E-state index contributed by atoms with van der Waals surface area (Å²) in [6.07, 6.45) is -1.22. The summed E-state index contributed by atoms with van der Waals surface area (Å²) in [7, 11) is -2.29. The van der Waals surface area contributed by atoms with E-state index in [1.807, 2.05) is 13.8 Å². The summed E-state index contributed by atoms with van der Waals surface area (Å²) in [5.41, 5.74) is 2.21. The predicted molar refractivity (Wildman–Crippen MR) is 131 cm³/mol. The molecular weight excluding hydrogens is 493 g/mol. The topological polar surface area (TPSA) is 141 Å². The average molecular weight is 526 g/mol. The molecule has 0 aliphatic carbocycles. The number of aliphatic hydroxyl groups is 2. The first kappa shape index (κ1) is 30.7. The Morgan fingerprint density at radius 3 is 2.21 bits per heavy atom. The summed E-state index contributed by atoms with van der Waals surface area (Å²) in [4.78, 5) is 19.7.